The third-order valence-electron chi connectivity index (χ3n) is 3.37. The normalized spacial score (nSPS) is 11.1. The van der Waals surface area contributed by atoms with Gasteiger partial charge in [0.1, 0.15) is 9.71 Å². The number of aromatic nitrogens is 2. The van der Waals surface area contributed by atoms with Crippen LogP contribution in [0.1, 0.15) is 34.3 Å². The molecule has 0 spiro atoms. The Labute approximate surface area is 126 Å². The second-order valence-electron chi connectivity index (χ2n) is 4.97. The summed E-state index contributed by atoms with van der Waals surface area (Å²) < 4.78 is 1.92. The van der Waals surface area contributed by atoms with Crippen LogP contribution in [0.15, 0.2) is 36.4 Å². The van der Waals surface area contributed by atoms with E-state index >= 15 is 0 Å². The minimum absolute atomic E-state index is 0.376. The summed E-state index contributed by atoms with van der Waals surface area (Å²) in [7, 11) is 0. The van der Waals surface area contributed by atoms with Crippen LogP contribution in [0.5, 0.6) is 0 Å². The lowest BCUT2D eigenvalue weighted by Crippen LogP contribution is -2.02. The smallest absolute Gasteiger partial charge is 0.345 e. The van der Waals surface area contributed by atoms with Gasteiger partial charge in [-0.1, -0.05) is 43.7 Å². The monoisotopic (exact) mass is 300 g/mol. The molecule has 0 radical (unpaired) electrons. The second-order valence-corrected chi connectivity index (χ2v) is 6.01. The lowest BCUT2D eigenvalue weighted by molar-refractivity contribution is 0.0702. The molecular formula is C16H16N2O2S. The van der Waals surface area contributed by atoms with Gasteiger partial charge in [0.25, 0.3) is 0 Å². The number of thiophene rings is 1. The third-order valence-corrected chi connectivity index (χ3v) is 4.51. The minimum atomic E-state index is -0.870. The van der Waals surface area contributed by atoms with Crippen LogP contribution in [0, 0.1) is 0 Å². The zero-order chi connectivity index (χ0) is 14.8. The van der Waals surface area contributed by atoms with Crippen molar-refractivity contribution < 1.29 is 9.90 Å². The van der Waals surface area contributed by atoms with Gasteiger partial charge in [-0.3, -0.25) is 4.68 Å². The van der Waals surface area contributed by atoms with Crippen molar-refractivity contribution in [3.05, 3.63) is 52.5 Å². The van der Waals surface area contributed by atoms with Gasteiger partial charge in [-0.2, -0.15) is 5.10 Å². The number of aromatic carboxylic acids is 1. The number of hydrogen-bond donors (Lipinski definition) is 1. The summed E-state index contributed by atoms with van der Waals surface area (Å²) in [6.07, 6.45) is 1.86. The number of nitrogens with zero attached hydrogens (tertiary/aromatic N) is 2. The Balaban J connectivity index is 2.06. The molecule has 0 saturated heterocycles. The fourth-order valence-corrected chi connectivity index (χ4v) is 3.39. The number of carboxylic acid groups (broad SMARTS) is 1. The van der Waals surface area contributed by atoms with Gasteiger partial charge in [0, 0.05) is 5.39 Å². The van der Waals surface area contributed by atoms with Crippen LogP contribution in [-0.4, -0.2) is 20.9 Å². The Morgan fingerprint density at radius 3 is 2.76 bits per heavy atom. The maximum absolute atomic E-state index is 11.2. The SMILES string of the molecule is CCCc1nn(Cc2ccccc2)c2sc(C(=O)O)cc12. The molecule has 2 aromatic heterocycles. The van der Waals surface area contributed by atoms with Crippen LogP contribution in [0.3, 0.4) is 0 Å². The number of carboxylic acids is 1. The lowest BCUT2D eigenvalue weighted by Gasteiger charge is -2.02. The topological polar surface area (TPSA) is 55.1 Å². The zero-order valence-electron chi connectivity index (χ0n) is 11.7. The zero-order valence-corrected chi connectivity index (χ0v) is 12.6. The highest BCUT2D eigenvalue weighted by Crippen LogP contribution is 2.29. The van der Waals surface area contributed by atoms with Crippen molar-refractivity contribution >= 4 is 27.5 Å². The van der Waals surface area contributed by atoms with Crippen LogP contribution >= 0.6 is 11.3 Å². The molecule has 0 bridgehead atoms. The molecule has 2 heterocycles. The van der Waals surface area contributed by atoms with Gasteiger partial charge < -0.3 is 5.11 Å². The first kappa shape index (κ1) is 13.8. The predicted molar refractivity (Wildman–Crippen MR) is 84.1 cm³/mol. The summed E-state index contributed by atoms with van der Waals surface area (Å²) in [6, 6.07) is 11.8. The largest absolute Gasteiger partial charge is 0.477 e. The Morgan fingerprint density at radius 1 is 1.33 bits per heavy atom. The summed E-state index contributed by atoms with van der Waals surface area (Å²) >= 11 is 1.30. The van der Waals surface area contributed by atoms with E-state index in [1.807, 2.05) is 22.9 Å². The van der Waals surface area contributed by atoms with E-state index < -0.39 is 5.97 Å². The first-order chi connectivity index (χ1) is 10.2. The standard InChI is InChI=1S/C16H16N2O2S/c1-2-6-13-12-9-14(16(19)20)21-15(12)18(17-13)10-11-7-4-3-5-8-11/h3-5,7-9H,2,6,10H2,1H3,(H,19,20). The molecule has 0 aliphatic carbocycles. The molecular weight excluding hydrogens is 284 g/mol. The van der Waals surface area contributed by atoms with Gasteiger partial charge in [-0.05, 0) is 18.1 Å². The van der Waals surface area contributed by atoms with Crippen molar-refractivity contribution in [1.82, 2.24) is 9.78 Å². The Kier molecular flexibility index (Phi) is 3.75. The van der Waals surface area contributed by atoms with Crippen LogP contribution in [0.2, 0.25) is 0 Å². The molecule has 108 valence electrons. The summed E-state index contributed by atoms with van der Waals surface area (Å²) in [5, 5.41) is 14.8. The molecule has 0 saturated carbocycles. The van der Waals surface area contributed by atoms with Crippen molar-refractivity contribution in [2.45, 2.75) is 26.3 Å². The number of aryl methyl sites for hydroxylation is 1. The van der Waals surface area contributed by atoms with Crippen LogP contribution in [-0.2, 0) is 13.0 Å². The first-order valence-corrected chi connectivity index (χ1v) is 7.77. The highest BCUT2D eigenvalue weighted by Gasteiger charge is 2.17. The Morgan fingerprint density at radius 2 is 2.10 bits per heavy atom. The quantitative estimate of drug-likeness (QED) is 0.780. The second kappa shape index (κ2) is 5.69. The number of benzene rings is 1. The molecule has 0 atom stereocenters. The van der Waals surface area contributed by atoms with Gasteiger partial charge in [0.05, 0.1) is 12.2 Å². The molecule has 1 N–H and O–H groups in total. The minimum Gasteiger partial charge on any atom is -0.477 e. The molecule has 0 unspecified atom stereocenters. The molecule has 0 fully saturated rings. The predicted octanol–water partition coefficient (Wildman–Crippen LogP) is 3.80. The van der Waals surface area contributed by atoms with Gasteiger partial charge in [0.2, 0.25) is 0 Å². The Bertz CT molecular complexity index is 774. The summed E-state index contributed by atoms with van der Waals surface area (Å²) in [4.78, 5) is 12.5. The van der Waals surface area contributed by atoms with E-state index in [0.717, 1.165) is 34.3 Å². The van der Waals surface area contributed by atoms with E-state index in [-0.39, 0.29) is 0 Å². The van der Waals surface area contributed by atoms with Crippen molar-refractivity contribution in [3.63, 3.8) is 0 Å². The molecule has 0 aliphatic heterocycles. The van der Waals surface area contributed by atoms with Gasteiger partial charge in [0.15, 0.2) is 0 Å². The summed E-state index contributed by atoms with van der Waals surface area (Å²) in [5.41, 5.74) is 2.16. The van der Waals surface area contributed by atoms with E-state index in [9.17, 15) is 9.90 Å². The van der Waals surface area contributed by atoms with Crippen molar-refractivity contribution in [3.8, 4) is 0 Å². The highest BCUT2D eigenvalue weighted by atomic mass is 32.1. The van der Waals surface area contributed by atoms with E-state index in [4.69, 9.17) is 0 Å². The number of hydrogen-bond acceptors (Lipinski definition) is 3. The lowest BCUT2D eigenvalue weighted by atomic mass is 10.2. The van der Waals surface area contributed by atoms with Gasteiger partial charge >= 0.3 is 5.97 Å². The molecule has 0 amide bonds. The summed E-state index contributed by atoms with van der Waals surface area (Å²) in [5.74, 6) is -0.870. The highest BCUT2D eigenvalue weighted by molar-refractivity contribution is 7.20. The molecule has 0 aliphatic rings. The Hall–Kier alpha value is -2.14. The maximum atomic E-state index is 11.2. The van der Waals surface area contributed by atoms with E-state index in [1.165, 1.54) is 11.3 Å². The average molecular weight is 300 g/mol. The van der Waals surface area contributed by atoms with Crippen LogP contribution in [0.4, 0.5) is 0 Å². The molecule has 5 heteroatoms. The number of rotatable bonds is 5. The van der Waals surface area contributed by atoms with Crippen molar-refractivity contribution in [2.75, 3.05) is 0 Å². The van der Waals surface area contributed by atoms with E-state index in [1.54, 1.807) is 6.07 Å². The number of carbonyl (C=O) groups is 1. The number of fused-ring (bicyclic) bond motifs is 1. The van der Waals surface area contributed by atoms with Crippen molar-refractivity contribution in [1.29, 1.82) is 0 Å². The molecule has 4 nitrogen and oxygen atoms in total. The van der Waals surface area contributed by atoms with Crippen LogP contribution < -0.4 is 0 Å². The van der Waals surface area contributed by atoms with E-state index in [2.05, 4.69) is 24.2 Å². The fourth-order valence-electron chi connectivity index (χ4n) is 2.42. The third kappa shape index (κ3) is 2.69. The van der Waals surface area contributed by atoms with E-state index in [0.29, 0.717) is 11.4 Å². The maximum Gasteiger partial charge on any atom is 0.345 e. The van der Waals surface area contributed by atoms with Crippen LogP contribution in [0.25, 0.3) is 10.2 Å². The van der Waals surface area contributed by atoms with Crippen molar-refractivity contribution in [2.24, 2.45) is 0 Å². The first-order valence-electron chi connectivity index (χ1n) is 6.95. The molecule has 21 heavy (non-hydrogen) atoms. The average Bonchev–Trinajstić information content (AvgIpc) is 3.03. The fraction of sp³-hybridized carbons (Fsp3) is 0.250. The molecule has 3 aromatic rings. The molecule has 3 rings (SSSR count). The summed E-state index contributed by atoms with van der Waals surface area (Å²) in [6.45, 7) is 2.77. The van der Waals surface area contributed by atoms with Gasteiger partial charge in [-0.25, -0.2) is 4.79 Å². The van der Waals surface area contributed by atoms with Gasteiger partial charge in [-0.15, -0.1) is 11.3 Å². The molecule has 1 aromatic carbocycles.